The van der Waals surface area contributed by atoms with Crippen molar-refractivity contribution in [3.8, 4) is 6.07 Å². The summed E-state index contributed by atoms with van der Waals surface area (Å²) in [4.78, 5) is 30.1. The number of thioether (sulfide) groups is 1. The number of anilines is 1. The quantitative estimate of drug-likeness (QED) is 0.140. The van der Waals surface area contributed by atoms with E-state index in [4.69, 9.17) is 10.00 Å². The number of morpholine rings is 1. The van der Waals surface area contributed by atoms with E-state index < -0.39 is 70.7 Å². The number of benzene rings is 1. The number of carbonyl (C=O) groups excluding carboxylic acids is 2. The molecule has 1 unspecified atom stereocenters. The van der Waals surface area contributed by atoms with Crippen molar-refractivity contribution in [3.05, 3.63) is 29.3 Å². The van der Waals surface area contributed by atoms with Gasteiger partial charge < -0.3 is 4.74 Å². The van der Waals surface area contributed by atoms with Crippen LogP contribution in [-0.4, -0.2) is 71.2 Å². The fraction of sp³-hybridized carbons (Fsp3) is 0.690. The molecule has 3 aliphatic heterocycles. The number of nitriles is 1. The molecule has 3 heterocycles. The lowest BCUT2D eigenvalue weighted by Crippen LogP contribution is -2.58. The Labute approximate surface area is 254 Å². The van der Waals surface area contributed by atoms with E-state index in [2.05, 4.69) is 4.90 Å². The molecular formula is C29H33F8N3O3S. The van der Waals surface area contributed by atoms with Crippen LogP contribution in [0.3, 0.4) is 0 Å². The zero-order valence-electron chi connectivity index (χ0n) is 24.2. The molecule has 0 saturated carbocycles. The molecule has 4 atom stereocenters. The maximum Gasteiger partial charge on any atom is 0.453 e. The maximum atomic E-state index is 13.6. The summed E-state index contributed by atoms with van der Waals surface area (Å²) >= 11 is 1.35. The minimum absolute atomic E-state index is 0.224. The molecule has 2 amide bonds. The Morgan fingerprint density at radius 3 is 2.02 bits per heavy atom. The number of amides is 2. The van der Waals surface area contributed by atoms with Gasteiger partial charge in [-0.1, -0.05) is 12.8 Å². The van der Waals surface area contributed by atoms with Gasteiger partial charge in [-0.05, 0) is 69.4 Å². The first-order valence-electron chi connectivity index (χ1n) is 14.3. The molecule has 6 nitrogen and oxygen atoms in total. The van der Waals surface area contributed by atoms with Crippen molar-refractivity contribution in [2.75, 3.05) is 36.0 Å². The second kappa shape index (κ2) is 12.4. The molecule has 4 rings (SSSR count). The first kappa shape index (κ1) is 34.4. The number of hydrogen-bond acceptors (Lipinski definition) is 6. The molecule has 2 bridgehead atoms. The van der Waals surface area contributed by atoms with Crippen LogP contribution in [0, 0.1) is 23.2 Å². The number of carbonyl (C=O) groups is 2. The average Bonchev–Trinajstić information content (AvgIpc) is 3.28. The van der Waals surface area contributed by atoms with Crippen molar-refractivity contribution in [3.63, 3.8) is 0 Å². The van der Waals surface area contributed by atoms with Crippen LogP contribution in [0.4, 0.5) is 40.8 Å². The summed E-state index contributed by atoms with van der Waals surface area (Å²) in [6.07, 6.45) is -8.54. The van der Waals surface area contributed by atoms with Gasteiger partial charge in [0, 0.05) is 19.5 Å². The first-order chi connectivity index (χ1) is 20.3. The fourth-order valence-corrected chi connectivity index (χ4v) is 7.67. The summed E-state index contributed by atoms with van der Waals surface area (Å²) in [6, 6.07) is 4.27. The van der Waals surface area contributed by atoms with E-state index in [9.17, 15) is 44.7 Å². The predicted octanol–water partition coefficient (Wildman–Crippen LogP) is 6.82. The molecule has 0 aliphatic carbocycles. The van der Waals surface area contributed by atoms with Gasteiger partial charge in [0.05, 0.1) is 45.9 Å². The zero-order chi connectivity index (χ0) is 32.7. The van der Waals surface area contributed by atoms with E-state index in [0.717, 1.165) is 36.6 Å². The van der Waals surface area contributed by atoms with Crippen LogP contribution < -0.4 is 4.90 Å². The molecule has 1 aromatic carbocycles. The van der Waals surface area contributed by atoms with Crippen LogP contribution in [0.1, 0.15) is 63.5 Å². The molecule has 244 valence electrons. The van der Waals surface area contributed by atoms with Crippen LogP contribution in [-0.2, 0) is 20.5 Å². The Bertz CT molecular complexity index is 1260. The summed E-state index contributed by atoms with van der Waals surface area (Å²) in [5, 5.41) is 9.09. The Morgan fingerprint density at radius 1 is 0.909 bits per heavy atom. The standard InChI is InChI=1S/C29H33F8N3O3S/c1-25-16-39(11-5-3-4-6-12-44-13-7-10-27(30,31)29(35,36)37)17-26(2,43-25)22-21(25)23(41)40(24(22)42)19-9-8-18(15-38)20(14-19)28(32,33)34/h8-9,14,21-22H,3-7,10-13,16-17H2,1-2H3/t21-,22?,25-,26+/m0/s1. The molecule has 3 aliphatic rings. The SMILES string of the molecule is C[C@]12CN(CCCCCCSCCCC(F)(F)C(F)(F)F)C[C@](C)(O1)[C@@H]1C(=O)N(c3ccc(C#N)c(C(F)(F)F)c3)C(=O)C12. The number of unbranched alkanes of at least 4 members (excludes halogenated alkanes) is 3. The van der Waals surface area contributed by atoms with Crippen molar-refractivity contribution in [2.45, 2.75) is 81.8 Å². The van der Waals surface area contributed by atoms with Crippen LogP contribution in [0.15, 0.2) is 18.2 Å². The first-order valence-corrected chi connectivity index (χ1v) is 15.4. The number of halogens is 8. The van der Waals surface area contributed by atoms with Gasteiger partial charge in [-0.25, -0.2) is 4.90 Å². The second-order valence-corrected chi connectivity index (χ2v) is 13.3. The van der Waals surface area contributed by atoms with Crippen LogP contribution in [0.5, 0.6) is 0 Å². The summed E-state index contributed by atoms with van der Waals surface area (Å²) in [6.45, 7) is 4.81. The van der Waals surface area contributed by atoms with Crippen LogP contribution in [0.25, 0.3) is 0 Å². The van der Waals surface area contributed by atoms with Crippen molar-refractivity contribution < 1.29 is 49.4 Å². The van der Waals surface area contributed by atoms with Gasteiger partial charge in [0.1, 0.15) is 0 Å². The summed E-state index contributed by atoms with van der Waals surface area (Å²) in [7, 11) is 0. The third-order valence-electron chi connectivity index (χ3n) is 8.56. The summed E-state index contributed by atoms with van der Waals surface area (Å²) in [5.41, 5.74) is -4.16. The minimum Gasteiger partial charge on any atom is -0.365 e. The van der Waals surface area contributed by atoms with Gasteiger partial charge in [0.2, 0.25) is 11.8 Å². The molecule has 1 aromatic rings. The van der Waals surface area contributed by atoms with Gasteiger partial charge in [0.25, 0.3) is 0 Å². The fourth-order valence-electron chi connectivity index (χ4n) is 6.71. The molecule has 3 saturated heterocycles. The third kappa shape index (κ3) is 6.72. The lowest BCUT2D eigenvalue weighted by molar-refractivity contribution is -0.284. The Hall–Kier alpha value is -2.44. The minimum atomic E-state index is -5.52. The number of nitrogens with zero attached hydrogens (tertiary/aromatic N) is 3. The van der Waals surface area contributed by atoms with Crippen molar-refractivity contribution in [2.24, 2.45) is 11.8 Å². The van der Waals surface area contributed by atoms with E-state index in [-0.39, 0.29) is 17.9 Å². The van der Waals surface area contributed by atoms with Gasteiger partial charge in [-0.15, -0.1) is 0 Å². The van der Waals surface area contributed by atoms with Gasteiger partial charge >= 0.3 is 18.3 Å². The molecule has 15 heteroatoms. The number of rotatable bonds is 12. The highest BCUT2D eigenvalue weighted by molar-refractivity contribution is 7.99. The second-order valence-electron chi connectivity index (χ2n) is 12.1. The van der Waals surface area contributed by atoms with Crippen molar-refractivity contribution >= 4 is 29.3 Å². The predicted molar refractivity (Wildman–Crippen MR) is 146 cm³/mol. The highest BCUT2D eigenvalue weighted by Gasteiger charge is 2.71. The van der Waals surface area contributed by atoms with E-state index in [1.165, 1.54) is 23.9 Å². The smallest absolute Gasteiger partial charge is 0.365 e. The van der Waals surface area contributed by atoms with E-state index in [0.29, 0.717) is 31.5 Å². The van der Waals surface area contributed by atoms with Gasteiger partial charge in [-0.3, -0.25) is 14.5 Å². The topological polar surface area (TPSA) is 73.6 Å². The number of ether oxygens (including phenoxy) is 1. The lowest BCUT2D eigenvalue weighted by Gasteiger charge is -2.45. The Morgan fingerprint density at radius 2 is 1.48 bits per heavy atom. The van der Waals surface area contributed by atoms with E-state index >= 15 is 0 Å². The van der Waals surface area contributed by atoms with E-state index in [1.807, 2.05) is 0 Å². The molecule has 44 heavy (non-hydrogen) atoms. The van der Waals surface area contributed by atoms with Gasteiger partial charge in [-0.2, -0.15) is 52.1 Å². The summed E-state index contributed by atoms with van der Waals surface area (Å²) < 4.78 is 109. The number of fused-ring (bicyclic) bond motifs is 5. The largest absolute Gasteiger partial charge is 0.453 e. The number of alkyl halides is 8. The number of imide groups is 1. The molecule has 0 radical (unpaired) electrons. The van der Waals surface area contributed by atoms with Crippen LogP contribution in [0.2, 0.25) is 0 Å². The molecule has 0 spiro atoms. The highest BCUT2D eigenvalue weighted by Crippen LogP contribution is 2.55. The molecule has 3 fully saturated rings. The van der Waals surface area contributed by atoms with E-state index in [1.54, 1.807) is 13.8 Å². The van der Waals surface area contributed by atoms with Gasteiger partial charge in [0.15, 0.2) is 0 Å². The Kier molecular flexibility index (Phi) is 9.70. The number of likely N-dealkylation sites (tertiary alicyclic amines) is 1. The number of hydrogen-bond donors (Lipinski definition) is 0. The van der Waals surface area contributed by atoms with Crippen LogP contribution >= 0.6 is 11.8 Å². The Balaban J connectivity index is 1.27. The monoisotopic (exact) mass is 655 g/mol. The zero-order valence-corrected chi connectivity index (χ0v) is 25.0. The molecule has 0 N–H and O–H groups in total. The molecular weight excluding hydrogens is 622 g/mol. The molecule has 0 aromatic heterocycles. The average molecular weight is 656 g/mol. The lowest BCUT2D eigenvalue weighted by atomic mass is 9.79. The summed E-state index contributed by atoms with van der Waals surface area (Å²) in [5.74, 6) is -6.82. The highest BCUT2D eigenvalue weighted by atomic mass is 32.2. The normalized spacial score (nSPS) is 27.6. The van der Waals surface area contributed by atoms with Crippen molar-refractivity contribution in [1.29, 1.82) is 5.26 Å². The third-order valence-corrected chi connectivity index (χ3v) is 9.71. The van der Waals surface area contributed by atoms with Crippen molar-refractivity contribution in [1.82, 2.24) is 4.90 Å². The maximum absolute atomic E-state index is 13.6.